The predicted molar refractivity (Wildman–Crippen MR) is 122 cm³/mol. The molecule has 0 unspecified atom stereocenters. The molecule has 0 bridgehead atoms. The number of aryl methyl sites for hydroxylation is 1. The van der Waals surface area contributed by atoms with Gasteiger partial charge in [0.1, 0.15) is 5.82 Å². The molecule has 31 heavy (non-hydrogen) atoms. The van der Waals surface area contributed by atoms with Crippen molar-refractivity contribution in [2.24, 2.45) is 4.36 Å². The Balaban J connectivity index is 1.83. The molecule has 0 saturated heterocycles. The summed E-state index contributed by atoms with van der Waals surface area (Å²) in [5.41, 5.74) is 8.34. The monoisotopic (exact) mass is 438 g/mol. The summed E-state index contributed by atoms with van der Waals surface area (Å²) in [6.07, 6.45) is 5.78. The first kappa shape index (κ1) is 22.0. The maximum atomic E-state index is 12.3. The lowest BCUT2D eigenvalue weighted by Crippen LogP contribution is -2.12. The fourth-order valence-electron chi connectivity index (χ4n) is 2.58. The standard InChI is InChI=1S/C22H22N4O4S/c1-14-9-10-30-19(14)22(28)25-18-6-4-5-15(11-18)7-8-16-12-17(13-24-20(16)23)21(27)26-31(2,3)29/h4-6,9-13,31H,1-3H3,(H2,23,24)(H,25,28)(H,26,27,29). The second kappa shape index (κ2) is 8.95. The Morgan fingerprint density at radius 2 is 2.00 bits per heavy atom. The number of pyridine rings is 1. The second-order valence-corrected chi connectivity index (χ2v) is 9.99. The van der Waals surface area contributed by atoms with Crippen molar-refractivity contribution in [1.82, 2.24) is 4.98 Å². The fourth-order valence-corrected chi connectivity index (χ4v) is 3.14. The number of furan rings is 1. The third kappa shape index (κ3) is 5.88. The van der Waals surface area contributed by atoms with Crippen molar-refractivity contribution in [3.05, 3.63) is 76.9 Å². The van der Waals surface area contributed by atoms with Crippen LogP contribution in [0.4, 0.5) is 11.5 Å². The summed E-state index contributed by atoms with van der Waals surface area (Å²) in [5, 5.41) is 2.77. The number of carbonyl (C=O) groups excluding carboxylic acids is 2. The van der Waals surface area contributed by atoms with E-state index in [1.807, 2.05) is 0 Å². The highest BCUT2D eigenvalue weighted by atomic mass is 32.3. The summed E-state index contributed by atoms with van der Waals surface area (Å²) < 4.78 is 18.8. The summed E-state index contributed by atoms with van der Waals surface area (Å²) >= 11 is 0. The summed E-state index contributed by atoms with van der Waals surface area (Å²) in [6.45, 7) is 1.79. The molecule has 0 aliphatic carbocycles. The zero-order chi connectivity index (χ0) is 22.6. The Kier molecular flexibility index (Phi) is 6.34. The van der Waals surface area contributed by atoms with Crippen LogP contribution in [0.5, 0.6) is 0 Å². The van der Waals surface area contributed by atoms with Gasteiger partial charge in [0.25, 0.3) is 11.8 Å². The van der Waals surface area contributed by atoms with Crippen molar-refractivity contribution in [3.63, 3.8) is 0 Å². The average Bonchev–Trinajstić information content (AvgIpc) is 3.12. The van der Waals surface area contributed by atoms with Gasteiger partial charge >= 0.3 is 0 Å². The maximum Gasteiger partial charge on any atom is 0.291 e. The first-order valence-corrected chi connectivity index (χ1v) is 11.8. The zero-order valence-corrected chi connectivity index (χ0v) is 18.1. The topological polar surface area (TPSA) is 131 Å². The number of aromatic nitrogens is 1. The highest BCUT2D eigenvalue weighted by molar-refractivity contribution is 7.98. The number of hydrogen-bond acceptors (Lipinski definition) is 5. The predicted octanol–water partition coefficient (Wildman–Crippen LogP) is 3.16. The molecule has 2 aromatic heterocycles. The van der Waals surface area contributed by atoms with Crippen molar-refractivity contribution in [3.8, 4) is 11.8 Å². The largest absolute Gasteiger partial charge is 0.459 e. The third-order valence-corrected chi connectivity index (χ3v) is 4.70. The summed E-state index contributed by atoms with van der Waals surface area (Å²) in [5.74, 6) is 5.32. The SMILES string of the molecule is Cc1ccoc1C(=O)Nc1cccc(C#Cc2cc(C(=O)N=[SH](C)(C)O)cnc2N)c1. The van der Waals surface area contributed by atoms with E-state index in [2.05, 4.69) is 26.5 Å². The number of benzene rings is 1. The van der Waals surface area contributed by atoms with E-state index in [9.17, 15) is 14.1 Å². The third-order valence-electron chi connectivity index (χ3n) is 4.03. The van der Waals surface area contributed by atoms with Gasteiger partial charge < -0.3 is 20.0 Å². The molecule has 2 heterocycles. The van der Waals surface area contributed by atoms with Crippen molar-refractivity contribution < 1.29 is 18.6 Å². The zero-order valence-electron chi connectivity index (χ0n) is 17.2. The number of hydrogen-bond donors (Lipinski definition) is 4. The van der Waals surface area contributed by atoms with Gasteiger partial charge in [-0.1, -0.05) is 17.9 Å². The van der Waals surface area contributed by atoms with Crippen molar-refractivity contribution in [1.29, 1.82) is 0 Å². The van der Waals surface area contributed by atoms with Crippen LogP contribution in [-0.2, 0) is 10.1 Å². The molecule has 4 N–H and O–H groups in total. The maximum absolute atomic E-state index is 12.3. The minimum atomic E-state index is -2.63. The van der Waals surface area contributed by atoms with Crippen LogP contribution < -0.4 is 11.1 Å². The van der Waals surface area contributed by atoms with Crippen molar-refractivity contribution >= 4 is 33.4 Å². The van der Waals surface area contributed by atoms with E-state index in [1.54, 1.807) is 37.3 Å². The molecule has 3 rings (SSSR count). The fraction of sp³-hybridized carbons (Fsp3) is 0.136. The van der Waals surface area contributed by atoms with E-state index in [-0.39, 0.29) is 23.0 Å². The molecule has 1 aromatic carbocycles. The average molecular weight is 439 g/mol. The summed E-state index contributed by atoms with van der Waals surface area (Å²) in [7, 11) is -2.63. The van der Waals surface area contributed by atoms with Crippen LogP contribution in [-0.4, -0.2) is 33.9 Å². The van der Waals surface area contributed by atoms with Gasteiger partial charge in [0.05, 0.1) is 17.4 Å². The van der Waals surface area contributed by atoms with Gasteiger partial charge in [-0.2, -0.15) is 4.36 Å². The number of nitrogens with one attached hydrogen (secondary N) is 1. The molecular formula is C22H22N4O4S. The summed E-state index contributed by atoms with van der Waals surface area (Å²) in [4.78, 5) is 28.5. The first-order valence-electron chi connectivity index (χ1n) is 9.20. The lowest BCUT2D eigenvalue weighted by molar-refractivity contribution is 0.0991. The van der Waals surface area contributed by atoms with Crippen molar-refractivity contribution in [2.75, 3.05) is 23.6 Å². The minimum absolute atomic E-state index is 0.167. The molecule has 0 radical (unpaired) electrons. The van der Waals surface area contributed by atoms with Crippen molar-refractivity contribution in [2.45, 2.75) is 6.92 Å². The Bertz CT molecular complexity index is 1270. The quantitative estimate of drug-likeness (QED) is 0.367. The molecule has 9 heteroatoms. The number of nitrogens with zero attached hydrogens (tertiary/aromatic N) is 2. The Labute approximate surface area is 180 Å². The number of thiol groups is 1. The van der Waals surface area contributed by atoms with Crippen LogP contribution in [0.1, 0.15) is 37.6 Å². The summed E-state index contributed by atoms with van der Waals surface area (Å²) in [6, 6.07) is 10.2. The van der Waals surface area contributed by atoms with E-state index in [4.69, 9.17) is 10.2 Å². The Morgan fingerprint density at radius 1 is 1.23 bits per heavy atom. The molecule has 8 nitrogen and oxygen atoms in total. The van der Waals surface area contributed by atoms with Crippen LogP contribution in [0.25, 0.3) is 0 Å². The van der Waals surface area contributed by atoms with Gasteiger partial charge in [-0.05, 0) is 49.8 Å². The normalized spacial score (nSPS) is 11.2. The van der Waals surface area contributed by atoms with Gasteiger partial charge in [-0.25, -0.2) is 4.98 Å². The van der Waals surface area contributed by atoms with Gasteiger partial charge in [0.15, 0.2) is 5.76 Å². The molecule has 2 amide bonds. The van der Waals surface area contributed by atoms with Crippen LogP contribution in [0.15, 0.2) is 57.6 Å². The number of rotatable bonds is 3. The van der Waals surface area contributed by atoms with Gasteiger partial charge in [-0.3, -0.25) is 9.59 Å². The number of nitrogen functional groups attached to an aromatic ring is 1. The highest BCUT2D eigenvalue weighted by Gasteiger charge is 2.13. The molecule has 0 aliphatic heterocycles. The van der Waals surface area contributed by atoms with Gasteiger partial charge in [0, 0.05) is 23.0 Å². The molecule has 0 aliphatic rings. The van der Waals surface area contributed by atoms with E-state index in [0.717, 1.165) is 5.56 Å². The number of nitrogens with two attached hydrogens (primary N) is 1. The van der Waals surface area contributed by atoms with Crippen LogP contribution >= 0.6 is 0 Å². The minimum Gasteiger partial charge on any atom is -0.459 e. The van der Waals surface area contributed by atoms with Crippen LogP contribution in [0.3, 0.4) is 0 Å². The molecule has 0 saturated carbocycles. The number of amides is 2. The molecular weight excluding hydrogens is 416 g/mol. The Hall–Kier alpha value is -3.74. The lowest BCUT2D eigenvalue weighted by atomic mass is 10.1. The molecule has 160 valence electrons. The highest BCUT2D eigenvalue weighted by Crippen LogP contribution is 2.16. The van der Waals surface area contributed by atoms with E-state index in [0.29, 0.717) is 16.8 Å². The van der Waals surface area contributed by atoms with Gasteiger partial charge in [-0.15, -0.1) is 10.1 Å². The second-order valence-electron chi connectivity index (χ2n) is 7.12. The molecule has 0 spiro atoms. The van der Waals surface area contributed by atoms with Gasteiger partial charge in [0.2, 0.25) is 0 Å². The molecule has 3 aromatic rings. The van der Waals surface area contributed by atoms with Crippen LogP contribution in [0.2, 0.25) is 0 Å². The molecule has 0 fully saturated rings. The van der Waals surface area contributed by atoms with E-state index < -0.39 is 16.0 Å². The smallest absolute Gasteiger partial charge is 0.291 e. The number of carbonyl (C=O) groups is 2. The van der Waals surface area contributed by atoms with E-state index >= 15 is 0 Å². The lowest BCUT2D eigenvalue weighted by Gasteiger charge is -2.09. The first-order chi connectivity index (χ1) is 14.6. The number of anilines is 2. The molecule has 0 atom stereocenters. The Morgan fingerprint density at radius 3 is 2.68 bits per heavy atom. The van der Waals surface area contributed by atoms with E-state index in [1.165, 1.54) is 31.0 Å². The van der Waals surface area contributed by atoms with Crippen LogP contribution in [0, 0.1) is 18.8 Å².